The third-order valence-corrected chi connectivity index (χ3v) is 5.65. The number of unbranched alkanes of at least 4 members (excludes halogenated alkanes) is 1. The molecule has 4 rings (SSSR count). The number of halogens is 1. The van der Waals surface area contributed by atoms with Gasteiger partial charge in [-0.05, 0) is 67.8 Å². The highest BCUT2D eigenvalue weighted by molar-refractivity contribution is 6.30. The molecule has 6 nitrogen and oxygen atoms in total. The van der Waals surface area contributed by atoms with Crippen molar-refractivity contribution in [1.29, 1.82) is 0 Å². The third kappa shape index (κ3) is 6.33. The minimum absolute atomic E-state index is 0.0772. The first-order valence-corrected chi connectivity index (χ1v) is 11.6. The van der Waals surface area contributed by atoms with E-state index in [1.165, 1.54) is 0 Å². The van der Waals surface area contributed by atoms with Gasteiger partial charge in [-0.1, -0.05) is 23.7 Å². The van der Waals surface area contributed by atoms with Crippen molar-refractivity contribution in [3.8, 4) is 5.75 Å². The SMILES string of the molecule is O=C(NCCCc1nc2ccccc2n1CCCCOc1ccc(Cl)cc1)c1ccncc1. The zero-order valence-corrected chi connectivity index (χ0v) is 19.2. The number of nitrogens with zero attached hydrogens (tertiary/aromatic N) is 3. The van der Waals surface area contributed by atoms with Crippen LogP contribution >= 0.6 is 11.6 Å². The standard InChI is InChI=1S/C26H27ClN4O2/c27-21-9-11-22(12-10-21)33-19-4-3-18-31-24-7-2-1-6-23(24)30-25(31)8-5-15-29-26(32)20-13-16-28-17-14-20/h1-2,6-7,9-14,16-17H,3-5,8,15,18-19H2,(H,29,32). The predicted octanol–water partition coefficient (Wildman–Crippen LogP) is 5.31. The summed E-state index contributed by atoms with van der Waals surface area (Å²) < 4.78 is 8.10. The van der Waals surface area contributed by atoms with Crippen LogP contribution in [0.2, 0.25) is 5.02 Å². The molecule has 2 heterocycles. The first-order valence-electron chi connectivity index (χ1n) is 11.2. The maximum Gasteiger partial charge on any atom is 0.251 e. The molecule has 170 valence electrons. The van der Waals surface area contributed by atoms with Gasteiger partial charge in [0.05, 0.1) is 17.6 Å². The van der Waals surface area contributed by atoms with E-state index in [4.69, 9.17) is 21.3 Å². The molecule has 1 amide bonds. The summed E-state index contributed by atoms with van der Waals surface area (Å²) in [6.07, 6.45) is 6.79. The lowest BCUT2D eigenvalue weighted by molar-refractivity contribution is 0.0953. The number of fused-ring (bicyclic) bond motifs is 1. The molecule has 7 heteroatoms. The van der Waals surface area contributed by atoms with Crippen LogP contribution in [0.1, 0.15) is 35.4 Å². The van der Waals surface area contributed by atoms with Crippen LogP contribution in [0.25, 0.3) is 11.0 Å². The maximum atomic E-state index is 12.2. The number of rotatable bonds is 11. The predicted molar refractivity (Wildman–Crippen MR) is 131 cm³/mol. The molecule has 0 fully saturated rings. The summed E-state index contributed by atoms with van der Waals surface area (Å²) in [5, 5.41) is 3.68. The number of aryl methyl sites for hydroxylation is 2. The van der Waals surface area contributed by atoms with Crippen LogP contribution < -0.4 is 10.1 Å². The lowest BCUT2D eigenvalue weighted by Gasteiger charge is -2.11. The van der Waals surface area contributed by atoms with Gasteiger partial charge in [-0.15, -0.1) is 0 Å². The Bertz CT molecular complexity index is 1180. The van der Waals surface area contributed by atoms with E-state index in [2.05, 4.69) is 20.9 Å². The van der Waals surface area contributed by atoms with Crippen LogP contribution in [-0.2, 0) is 13.0 Å². The van der Waals surface area contributed by atoms with Gasteiger partial charge in [-0.25, -0.2) is 4.98 Å². The Morgan fingerprint density at radius 3 is 2.58 bits per heavy atom. The van der Waals surface area contributed by atoms with E-state index in [1.807, 2.05) is 42.5 Å². The molecule has 0 saturated heterocycles. The van der Waals surface area contributed by atoms with Gasteiger partial charge in [0.2, 0.25) is 0 Å². The molecule has 0 radical (unpaired) electrons. The van der Waals surface area contributed by atoms with Gasteiger partial charge in [-0.2, -0.15) is 0 Å². The summed E-state index contributed by atoms with van der Waals surface area (Å²) in [5.41, 5.74) is 2.77. The van der Waals surface area contributed by atoms with Gasteiger partial charge in [0, 0.05) is 42.5 Å². The zero-order chi connectivity index (χ0) is 22.9. The fourth-order valence-corrected chi connectivity index (χ4v) is 3.84. The van der Waals surface area contributed by atoms with Crippen molar-refractivity contribution in [3.63, 3.8) is 0 Å². The number of imidazole rings is 1. The molecule has 0 unspecified atom stereocenters. The summed E-state index contributed by atoms with van der Waals surface area (Å²) in [4.78, 5) is 21.0. The first kappa shape index (κ1) is 22.8. The number of carbonyl (C=O) groups excluding carboxylic acids is 1. The van der Waals surface area contributed by atoms with Crippen molar-refractivity contribution < 1.29 is 9.53 Å². The second kappa shape index (κ2) is 11.5. The van der Waals surface area contributed by atoms with Gasteiger partial charge in [0.1, 0.15) is 11.6 Å². The molecule has 0 bridgehead atoms. The van der Waals surface area contributed by atoms with Gasteiger partial charge >= 0.3 is 0 Å². The summed E-state index contributed by atoms with van der Waals surface area (Å²) in [7, 11) is 0. The molecule has 0 atom stereocenters. The molecule has 1 N–H and O–H groups in total. The largest absolute Gasteiger partial charge is 0.494 e. The molecule has 0 aliphatic heterocycles. The summed E-state index contributed by atoms with van der Waals surface area (Å²) in [6.45, 7) is 2.13. The highest BCUT2D eigenvalue weighted by Gasteiger charge is 2.11. The van der Waals surface area contributed by atoms with Gasteiger partial charge in [-0.3, -0.25) is 9.78 Å². The molecule has 33 heavy (non-hydrogen) atoms. The average molecular weight is 463 g/mol. The number of pyridine rings is 1. The fraction of sp³-hybridized carbons (Fsp3) is 0.269. The van der Waals surface area contributed by atoms with E-state index in [-0.39, 0.29) is 5.91 Å². The quantitative estimate of drug-likeness (QED) is 0.307. The number of nitrogens with one attached hydrogen (secondary N) is 1. The third-order valence-electron chi connectivity index (χ3n) is 5.40. The normalized spacial score (nSPS) is 10.9. The molecule has 4 aromatic rings. The lowest BCUT2D eigenvalue weighted by Crippen LogP contribution is -2.25. The zero-order valence-electron chi connectivity index (χ0n) is 18.4. The number of para-hydroxylation sites is 2. The molecular formula is C26H27ClN4O2. The van der Waals surface area contributed by atoms with Crippen LogP contribution in [0.3, 0.4) is 0 Å². The minimum Gasteiger partial charge on any atom is -0.494 e. The van der Waals surface area contributed by atoms with Gasteiger partial charge in [0.15, 0.2) is 0 Å². The number of carbonyl (C=O) groups is 1. The van der Waals surface area contributed by atoms with E-state index in [1.54, 1.807) is 24.5 Å². The van der Waals surface area contributed by atoms with E-state index in [0.29, 0.717) is 23.7 Å². The van der Waals surface area contributed by atoms with E-state index < -0.39 is 0 Å². The fourth-order valence-electron chi connectivity index (χ4n) is 3.71. The van der Waals surface area contributed by atoms with E-state index in [9.17, 15) is 4.79 Å². The number of hydrogen-bond donors (Lipinski definition) is 1. The molecular weight excluding hydrogens is 436 g/mol. The van der Waals surface area contributed by atoms with Crippen molar-refractivity contribution in [1.82, 2.24) is 19.9 Å². The Balaban J connectivity index is 1.28. The highest BCUT2D eigenvalue weighted by Crippen LogP contribution is 2.19. The molecule has 2 aromatic carbocycles. The number of ether oxygens (including phenoxy) is 1. The van der Waals surface area contributed by atoms with Crippen molar-refractivity contribution in [2.45, 2.75) is 32.2 Å². The second-order valence-electron chi connectivity index (χ2n) is 7.77. The Hall–Kier alpha value is -3.38. The van der Waals surface area contributed by atoms with Crippen LogP contribution in [-0.4, -0.2) is 33.6 Å². The van der Waals surface area contributed by atoms with Crippen molar-refractivity contribution in [2.75, 3.05) is 13.2 Å². The Labute approximate surface area is 198 Å². The number of hydrogen-bond acceptors (Lipinski definition) is 4. The molecule has 0 spiro atoms. The Morgan fingerprint density at radius 2 is 1.76 bits per heavy atom. The summed E-state index contributed by atoms with van der Waals surface area (Å²) >= 11 is 5.92. The highest BCUT2D eigenvalue weighted by atomic mass is 35.5. The van der Waals surface area contributed by atoms with Gasteiger partial charge in [0.25, 0.3) is 5.91 Å². The smallest absolute Gasteiger partial charge is 0.251 e. The lowest BCUT2D eigenvalue weighted by atomic mass is 10.2. The average Bonchev–Trinajstić information content (AvgIpc) is 3.20. The van der Waals surface area contributed by atoms with Crippen molar-refractivity contribution in [3.05, 3.63) is 89.5 Å². The van der Waals surface area contributed by atoms with Crippen LogP contribution in [0.5, 0.6) is 5.75 Å². The Morgan fingerprint density at radius 1 is 0.970 bits per heavy atom. The van der Waals surface area contributed by atoms with Crippen LogP contribution in [0.4, 0.5) is 0 Å². The Kier molecular flexibility index (Phi) is 7.93. The number of aromatic nitrogens is 3. The maximum absolute atomic E-state index is 12.2. The van der Waals surface area contributed by atoms with Crippen molar-refractivity contribution >= 4 is 28.5 Å². The van der Waals surface area contributed by atoms with E-state index >= 15 is 0 Å². The van der Waals surface area contributed by atoms with E-state index in [0.717, 1.165) is 54.8 Å². The van der Waals surface area contributed by atoms with Gasteiger partial charge < -0.3 is 14.6 Å². The summed E-state index contributed by atoms with van der Waals surface area (Å²) in [6, 6.07) is 19.1. The topological polar surface area (TPSA) is 69.0 Å². The number of benzene rings is 2. The number of amides is 1. The molecule has 0 aliphatic carbocycles. The second-order valence-corrected chi connectivity index (χ2v) is 8.21. The minimum atomic E-state index is -0.0772. The van der Waals surface area contributed by atoms with Crippen LogP contribution in [0, 0.1) is 0 Å². The van der Waals surface area contributed by atoms with Crippen LogP contribution in [0.15, 0.2) is 73.1 Å². The molecule has 0 saturated carbocycles. The molecule has 0 aliphatic rings. The summed E-state index contributed by atoms with van der Waals surface area (Å²) in [5.74, 6) is 1.81. The van der Waals surface area contributed by atoms with Crippen molar-refractivity contribution in [2.24, 2.45) is 0 Å². The first-order chi connectivity index (χ1) is 16.2. The molecule has 2 aromatic heterocycles. The monoisotopic (exact) mass is 462 g/mol.